The van der Waals surface area contributed by atoms with Crippen LogP contribution in [-0.2, 0) is 6.54 Å². The van der Waals surface area contributed by atoms with Gasteiger partial charge in [-0.1, -0.05) is 30.3 Å². The first-order valence-electron chi connectivity index (χ1n) is 11.1. The maximum Gasteiger partial charge on any atom is 0.323 e. The second kappa shape index (κ2) is 10.5. The first-order chi connectivity index (χ1) is 16.1. The first-order valence-corrected chi connectivity index (χ1v) is 11.1. The first kappa shape index (κ1) is 22.2. The molecule has 3 amide bonds. The molecular formula is C26H28N4O3. The fourth-order valence-electron chi connectivity index (χ4n) is 3.87. The maximum absolute atomic E-state index is 13.1. The SMILES string of the molecule is COc1ccc(NC(=O)Nc2ccc(N3CCCC3)c(C(=O)NCc3ccccc3)c2)cc1. The molecule has 3 aromatic rings. The number of amides is 3. The highest BCUT2D eigenvalue weighted by Crippen LogP contribution is 2.28. The van der Waals surface area contributed by atoms with Gasteiger partial charge in [0.05, 0.1) is 12.7 Å². The predicted octanol–water partition coefficient (Wildman–Crippen LogP) is 4.87. The lowest BCUT2D eigenvalue weighted by molar-refractivity contribution is 0.0951. The van der Waals surface area contributed by atoms with Crippen molar-refractivity contribution in [3.05, 3.63) is 83.9 Å². The topological polar surface area (TPSA) is 82.7 Å². The Labute approximate surface area is 193 Å². The summed E-state index contributed by atoms with van der Waals surface area (Å²) >= 11 is 0. The van der Waals surface area contributed by atoms with E-state index >= 15 is 0 Å². The molecule has 1 fully saturated rings. The van der Waals surface area contributed by atoms with Crippen LogP contribution in [0.3, 0.4) is 0 Å². The van der Waals surface area contributed by atoms with E-state index in [0.717, 1.165) is 37.2 Å². The van der Waals surface area contributed by atoms with Crippen LogP contribution >= 0.6 is 0 Å². The molecule has 33 heavy (non-hydrogen) atoms. The normalized spacial score (nSPS) is 12.8. The minimum absolute atomic E-state index is 0.167. The molecule has 3 N–H and O–H groups in total. The molecule has 4 rings (SSSR count). The zero-order valence-corrected chi connectivity index (χ0v) is 18.6. The van der Waals surface area contributed by atoms with E-state index in [1.807, 2.05) is 42.5 Å². The van der Waals surface area contributed by atoms with Crippen molar-refractivity contribution in [2.75, 3.05) is 35.7 Å². The van der Waals surface area contributed by atoms with E-state index in [1.165, 1.54) is 0 Å². The third-order valence-corrected chi connectivity index (χ3v) is 5.59. The molecule has 1 aliphatic heterocycles. The van der Waals surface area contributed by atoms with Gasteiger partial charge in [0, 0.05) is 36.7 Å². The van der Waals surface area contributed by atoms with Gasteiger partial charge in [-0.2, -0.15) is 0 Å². The molecule has 0 aliphatic carbocycles. The lowest BCUT2D eigenvalue weighted by Crippen LogP contribution is -2.27. The van der Waals surface area contributed by atoms with Crippen LogP contribution in [0.4, 0.5) is 21.9 Å². The van der Waals surface area contributed by atoms with Crippen LogP contribution in [0.2, 0.25) is 0 Å². The molecule has 0 bridgehead atoms. The van der Waals surface area contributed by atoms with E-state index in [0.29, 0.717) is 29.2 Å². The average molecular weight is 445 g/mol. The number of rotatable bonds is 7. The molecule has 7 heteroatoms. The van der Waals surface area contributed by atoms with Crippen LogP contribution in [-0.4, -0.2) is 32.1 Å². The van der Waals surface area contributed by atoms with E-state index in [-0.39, 0.29) is 11.9 Å². The number of urea groups is 1. The van der Waals surface area contributed by atoms with Crippen LogP contribution in [0.5, 0.6) is 5.75 Å². The summed E-state index contributed by atoms with van der Waals surface area (Å²) in [5, 5.41) is 8.62. The number of benzene rings is 3. The summed E-state index contributed by atoms with van der Waals surface area (Å²) in [7, 11) is 1.59. The van der Waals surface area contributed by atoms with Crippen LogP contribution < -0.4 is 25.6 Å². The highest BCUT2D eigenvalue weighted by atomic mass is 16.5. The van der Waals surface area contributed by atoms with E-state index in [1.54, 1.807) is 37.4 Å². The van der Waals surface area contributed by atoms with Crippen molar-refractivity contribution in [3.63, 3.8) is 0 Å². The van der Waals surface area contributed by atoms with Crippen molar-refractivity contribution in [1.29, 1.82) is 0 Å². The Morgan fingerprint density at radius 3 is 2.24 bits per heavy atom. The zero-order valence-electron chi connectivity index (χ0n) is 18.6. The molecule has 0 atom stereocenters. The number of nitrogens with one attached hydrogen (secondary N) is 3. The molecule has 3 aromatic carbocycles. The molecular weight excluding hydrogens is 416 g/mol. The van der Waals surface area contributed by atoms with E-state index in [4.69, 9.17) is 4.74 Å². The third-order valence-electron chi connectivity index (χ3n) is 5.59. The molecule has 0 spiro atoms. The molecule has 0 unspecified atom stereocenters. The van der Waals surface area contributed by atoms with Crippen molar-refractivity contribution in [3.8, 4) is 5.75 Å². The average Bonchev–Trinajstić information content (AvgIpc) is 3.38. The lowest BCUT2D eigenvalue weighted by atomic mass is 10.1. The fraction of sp³-hybridized carbons (Fsp3) is 0.231. The summed E-state index contributed by atoms with van der Waals surface area (Å²) in [6.45, 7) is 2.28. The standard InChI is InChI=1S/C26H28N4O3/c1-33-22-12-9-20(10-13-22)28-26(32)29-21-11-14-24(30-15-5-6-16-30)23(17-21)25(31)27-18-19-7-3-2-4-8-19/h2-4,7-14,17H,5-6,15-16,18H2,1H3,(H,27,31)(H2,28,29,32). The van der Waals surface area contributed by atoms with Crippen molar-refractivity contribution in [2.24, 2.45) is 0 Å². The predicted molar refractivity (Wildman–Crippen MR) is 131 cm³/mol. The van der Waals surface area contributed by atoms with Crippen LogP contribution in [0.15, 0.2) is 72.8 Å². The smallest absolute Gasteiger partial charge is 0.323 e. The maximum atomic E-state index is 13.1. The molecule has 1 aliphatic rings. The quantitative estimate of drug-likeness (QED) is 0.486. The Hall–Kier alpha value is -4.00. The number of anilines is 3. The van der Waals surface area contributed by atoms with Crippen LogP contribution in [0.25, 0.3) is 0 Å². The second-order valence-corrected chi connectivity index (χ2v) is 7.90. The number of carbonyl (C=O) groups is 2. The van der Waals surface area contributed by atoms with E-state index < -0.39 is 0 Å². The zero-order chi connectivity index (χ0) is 23.0. The molecule has 1 heterocycles. The summed E-state index contributed by atoms with van der Waals surface area (Å²) in [6, 6.07) is 22.0. The van der Waals surface area contributed by atoms with Gasteiger partial charge in [0.1, 0.15) is 5.75 Å². The van der Waals surface area contributed by atoms with Gasteiger partial charge in [-0.05, 0) is 60.9 Å². The van der Waals surface area contributed by atoms with Gasteiger partial charge < -0.3 is 25.6 Å². The third kappa shape index (κ3) is 5.83. The van der Waals surface area contributed by atoms with E-state index in [9.17, 15) is 9.59 Å². The summed E-state index contributed by atoms with van der Waals surface area (Å²) in [5.74, 6) is 0.546. The monoisotopic (exact) mass is 444 g/mol. The second-order valence-electron chi connectivity index (χ2n) is 7.90. The van der Waals surface area contributed by atoms with Crippen LogP contribution in [0.1, 0.15) is 28.8 Å². The lowest BCUT2D eigenvalue weighted by Gasteiger charge is -2.22. The molecule has 0 saturated carbocycles. The minimum Gasteiger partial charge on any atom is -0.497 e. The summed E-state index contributed by atoms with van der Waals surface area (Å²) < 4.78 is 5.14. The summed E-state index contributed by atoms with van der Waals surface area (Å²) in [6.07, 6.45) is 2.21. The number of nitrogens with zero attached hydrogens (tertiary/aromatic N) is 1. The Morgan fingerprint density at radius 2 is 1.55 bits per heavy atom. The highest BCUT2D eigenvalue weighted by molar-refractivity contribution is 6.04. The van der Waals surface area contributed by atoms with Gasteiger partial charge in [-0.15, -0.1) is 0 Å². The fourth-order valence-corrected chi connectivity index (χ4v) is 3.87. The number of methoxy groups -OCH3 is 1. The number of hydrogen-bond donors (Lipinski definition) is 3. The Bertz CT molecular complexity index is 1090. The van der Waals surface area contributed by atoms with Crippen molar-refractivity contribution >= 4 is 29.0 Å². The molecule has 1 saturated heterocycles. The van der Waals surface area contributed by atoms with Gasteiger partial charge in [0.2, 0.25) is 0 Å². The summed E-state index contributed by atoms with van der Waals surface area (Å²) in [4.78, 5) is 27.8. The largest absolute Gasteiger partial charge is 0.497 e. The molecule has 7 nitrogen and oxygen atoms in total. The molecule has 0 aromatic heterocycles. The van der Waals surface area contributed by atoms with Crippen molar-refractivity contribution < 1.29 is 14.3 Å². The van der Waals surface area contributed by atoms with Gasteiger partial charge in [0.25, 0.3) is 5.91 Å². The molecule has 170 valence electrons. The van der Waals surface area contributed by atoms with Crippen molar-refractivity contribution in [2.45, 2.75) is 19.4 Å². The minimum atomic E-state index is -0.385. The Kier molecular flexibility index (Phi) is 7.09. The Balaban J connectivity index is 1.48. The van der Waals surface area contributed by atoms with E-state index in [2.05, 4.69) is 20.9 Å². The van der Waals surface area contributed by atoms with Gasteiger partial charge >= 0.3 is 6.03 Å². The number of hydrogen-bond acceptors (Lipinski definition) is 4. The number of ether oxygens (including phenoxy) is 1. The Morgan fingerprint density at radius 1 is 0.879 bits per heavy atom. The van der Waals surface area contributed by atoms with Gasteiger partial charge in [-0.3, -0.25) is 4.79 Å². The summed E-state index contributed by atoms with van der Waals surface area (Å²) in [5.41, 5.74) is 3.66. The number of carbonyl (C=O) groups excluding carboxylic acids is 2. The van der Waals surface area contributed by atoms with Crippen molar-refractivity contribution in [1.82, 2.24) is 5.32 Å². The highest BCUT2D eigenvalue weighted by Gasteiger charge is 2.20. The van der Waals surface area contributed by atoms with Crippen LogP contribution in [0, 0.1) is 0 Å². The molecule has 0 radical (unpaired) electrons. The van der Waals surface area contributed by atoms with Gasteiger partial charge in [-0.25, -0.2) is 4.79 Å². The van der Waals surface area contributed by atoms with Gasteiger partial charge in [0.15, 0.2) is 0 Å².